The summed E-state index contributed by atoms with van der Waals surface area (Å²) in [5, 5.41) is 4.33. The third-order valence-corrected chi connectivity index (χ3v) is 5.69. The van der Waals surface area contributed by atoms with Gasteiger partial charge in [-0.3, -0.25) is 4.90 Å². The van der Waals surface area contributed by atoms with Gasteiger partial charge in [-0.2, -0.15) is 0 Å². The largest absolute Gasteiger partial charge is 0.399 e. The minimum absolute atomic E-state index is 0.464. The first kappa shape index (κ1) is 11.5. The fourth-order valence-corrected chi connectivity index (χ4v) is 4.74. The van der Waals surface area contributed by atoms with Crippen LogP contribution in [0.3, 0.4) is 0 Å². The Kier molecular flexibility index (Phi) is 2.51. The van der Waals surface area contributed by atoms with Crippen LogP contribution in [0.2, 0.25) is 0 Å². The summed E-state index contributed by atoms with van der Waals surface area (Å²) in [6.07, 6.45) is 6.60. The molecule has 0 aromatic rings. The molecule has 1 aliphatic carbocycles. The summed E-state index contributed by atoms with van der Waals surface area (Å²) in [5.41, 5.74) is 2.24. The van der Waals surface area contributed by atoms with E-state index in [4.69, 9.17) is 4.84 Å². The van der Waals surface area contributed by atoms with Crippen LogP contribution in [-0.4, -0.2) is 36.9 Å². The molecule has 0 aromatic heterocycles. The van der Waals surface area contributed by atoms with Gasteiger partial charge in [0.15, 0.2) is 0 Å². The maximum absolute atomic E-state index is 5.07. The van der Waals surface area contributed by atoms with E-state index in [1.807, 2.05) is 0 Å². The van der Waals surface area contributed by atoms with Gasteiger partial charge in [0.2, 0.25) is 0 Å². The zero-order chi connectivity index (χ0) is 12.1. The lowest BCUT2D eigenvalue weighted by Gasteiger charge is -2.43. The van der Waals surface area contributed by atoms with Crippen molar-refractivity contribution in [3.63, 3.8) is 0 Å². The van der Waals surface area contributed by atoms with Crippen LogP contribution in [0.5, 0.6) is 0 Å². The van der Waals surface area contributed by atoms with E-state index in [1.54, 1.807) is 7.11 Å². The Labute approximate surface area is 104 Å². The van der Waals surface area contributed by atoms with E-state index in [9.17, 15) is 0 Å². The molecule has 1 spiro atoms. The Morgan fingerprint density at radius 3 is 2.71 bits per heavy atom. The van der Waals surface area contributed by atoms with Crippen LogP contribution in [-0.2, 0) is 4.84 Å². The molecule has 0 amide bonds. The Morgan fingerprint density at radius 2 is 2.06 bits per heavy atom. The minimum atomic E-state index is 0.464. The van der Waals surface area contributed by atoms with Gasteiger partial charge in [-0.05, 0) is 36.6 Å². The summed E-state index contributed by atoms with van der Waals surface area (Å²) >= 11 is 0. The van der Waals surface area contributed by atoms with Gasteiger partial charge in [-0.1, -0.05) is 25.4 Å². The van der Waals surface area contributed by atoms with Crippen LogP contribution in [0, 0.1) is 10.8 Å². The average molecular weight is 236 g/mol. The smallest absolute Gasteiger partial charge is 0.106 e. The molecular weight excluding hydrogens is 212 g/mol. The molecule has 3 aliphatic rings. The number of fused-ring (bicyclic) bond motifs is 2. The van der Waals surface area contributed by atoms with Crippen molar-refractivity contribution < 1.29 is 4.84 Å². The lowest BCUT2D eigenvalue weighted by Crippen LogP contribution is -2.46. The number of rotatable bonds is 1. The number of hydrogen-bond acceptors (Lipinski definition) is 3. The maximum Gasteiger partial charge on any atom is 0.106 e. The van der Waals surface area contributed by atoms with Gasteiger partial charge in [-0.15, -0.1) is 0 Å². The average Bonchev–Trinajstić information content (AvgIpc) is 2.89. The van der Waals surface area contributed by atoms with Gasteiger partial charge in [-0.25, -0.2) is 0 Å². The van der Waals surface area contributed by atoms with Crippen molar-refractivity contribution in [3.8, 4) is 0 Å². The molecule has 3 fully saturated rings. The summed E-state index contributed by atoms with van der Waals surface area (Å²) in [6.45, 7) is 7.38. The van der Waals surface area contributed by atoms with Crippen molar-refractivity contribution in [1.82, 2.24) is 4.90 Å². The van der Waals surface area contributed by atoms with E-state index >= 15 is 0 Å². The van der Waals surface area contributed by atoms with Crippen molar-refractivity contribution in [2.24, 2.45) is 16.0 Å². The Bertz CT molecular complexity index is 350. The van der Waals surface area contributed by atoms with Crippen LogP contribution in [0.4, 0.5) is 0 Å². The fourth-order valence-electron chi connectivity index (χ4n) is 4.74. The van der Waals surface area contributed by atoms with E-state index in [0.29, 0.717) is 16.9 Å². The van der Waals surface area contributed by atoms with Gasteiger partial charge in [0.25, 0.3) is 0 Å². The van der Waals surface area contributed by atoms with E-state index in [0.717, 1.165) is 6.42 Å². The molecule has 3 nitrogen and oxygen atoms in total. The standard InChI is InChI=1S/C14H24N2O/c1-13(2)6-4-7-14(13)8-10-16-9-5-11(12(14)16)15-17-3/h12H,4-10H2,1-3H3/b15-11+/t12-,14+/m0/s1. The zero-order valence-electron chi connectivity index (χ0n) is 11.3. The normalized spacial score (nSPS) is 42.5. The molecule has 1 saturated carbocycles. The summed E-state index contributed by atoms with van der Waals surface area (Å²) in [5.74, 6) is 0. The van der Waals surface area contributed by atoms with E-state index < -0.39 is 0 Å². The topological polar surface area (TPSA) is 24.8 Å². The SMILES string of the molecule is CO/N=C1\CCN2CC[C@]3(CCCC3(C)C)[C@H]12. The van der Waals surface area contributed by atoms with Crippen molar-refractivity contribution in [3.05, 3.63) is 0 Å². The molecule has 0 aromatic carbocycles. The second-order valence-corrected chi connectivity index (χ2v) is 6.60. The van der Waals surface area contributed by atoms with Crippen LogP contribution >= 0.6 is 0 Å². The summed E-state index contributed by atoms with van der Waals surface area (Å²) in [6, 6.07) is 0.569. The van der Waals surface area contributed by atoms with Crippen molar-refractivity contribution in [2.45, 2.75) is 52.0 Å². The van der Waals surface area contributed by atoms with Gasteiger partial charge in [0, 0.05) is 13.0 Å². The molecule has 17 heavy (non-hydrogen) atoms. The van der Waals surface area contributed by atoms with Crippen LogP contribution in [0.1, 0.15) is 46.0 Å². The molecule has 3 heteroatoms. The molecule has 2 saturated heterocycles. The third-order valence-electron chi connectivity index (χ3n) is 5.69. The molecule has 96 valence electrons. The Balaban J connectivity index is 1.99. The number of nitrogens with zero attached hydrogens (tertiary/aromatic N) is 2. The number of oxime groups is 1. The Hall–Kier alpha value is -0.570. The predicted molar refractivity (Wildman–Crippen MR) is 69.1 cm³/mol. The molecular formula is C14H24N2O. The summed E-state index contributed by atoms with van der Waals surface area (Å²) in [7, 11) is 1.68. The minimum Gasteiger partial charge on any atom is -0.399 e. The molecule has 2 heterocycles. The third kappa shape index (κ3) is 1.41. The highest BCUT2D eigenvalue weighted by molar-refractivity contribution is 5.92. The van der Waals surface area contributed by atoms with Crippen LogP contribution < -0.4 is 0 Å². The van der Waals surface area contributed by atoms with E-state index in [2.05, 4.69) is 23.9 Å². The summed E-state index contributed by atoms with van der Waals surface area (Å²) < 4.78 is 0. The van der Waals surface area contributed by atoms with Gasteiger partial charge in [0.1, 0.15) is 7.11 Å². The number of hydrogen-bond donors (Lipinski definition) is 0. The maximum atomic E-state index is 5.07. The molecule has 0 radical (unpaired) electrons. The van der Waals surface area contributed by atoms with Crippen LogP contribution in [0.15, 0.2) is 5.16 Å². The van der Waals surface area contributed by atoms with Crippen LogP contribution in [0.25, 0.3) is 0 Å². The second-order valence-electron chi connectivity index (χ2n) is 6.60. The van der Waals surface area contributed by atoms with Gasteiger partial charge in [0.05, 0.1) is 11.8 Å². The lowest BCUT2D eigenvalue weighted by molar-refractivity contribution is 0.0934. The second kappa shape index (κ2) is 3.71. The van der Waals surface area contributed by atoms with E-state index in [1.165, 1.54) is 44.5 Å². The first-order valence-corrected chi connectivity index (χ1v) is 6.95. The molecule has 3 rings (SSSR count). The highest BCUT2D eigenvalue weighted by Gasteiger charge is 2.60. The monoisotopic (exact) mass is 236 g/mol. The molecule has 2 atom stereocenters. The molecule has 0 unspecified atom stereocenters. The fraction of sp³-hybridized carbons (Fsp3) is 0.929. The Morgan fingerprint density at radius 1 is 1.24 bits per heavy atom. The summed E-state index contributed by atoms with van der Waals surface area (Å²) in [4.78, 5) is 7.71. The predicted octanol–water partition coefficient (Wildman–Crippen LogP) is 2.66. The highest BCUT2D eigenvalue weighted by atomic mass is 16.6. The quantitative estimate of drug-likeness (QED) is 0.654. The first-order valence-electron chi connectivity index (χ1n) is 6.95. The lowest BCUT2D eigenvalue weighted by atomic mass is 9.62. The van der Waals surface area contributed by atoms with Crippen molar-refractivity contribution >= 4 is 5.71 Å². The molecule has 0 N–H and O–H groups in total. The first-order chi connectivity index (χ1) is 8.11. The zero-order valence-corrected chi connectivity index (χ0v) is 11.3. The van der Waals surface area contributed by atoms with Crippen molar-refractivity contribution in [1.29, 1.82) is 0 Å². The van der Waals surface area contributed by atoms with Gasteiger partial charge >= 0.3 is 0 Å². The highest BCUT2D eigenvalue weighted by Crippen LogP contribution is 2.61. The molecule has 2 aliphatic heterocycles. The van der Waals surface area contributed by atoms with Gasteiger partial charge < -0.3 is 4.84 Å². The molecule has 0 bridgehead atoms. The van der Waals surface area contributed by atoms with Crippen molar-refractivity contribution in [2.75, 3.05) is 20.2 Å². The van der Waals surface area contributed by atoms with E-state index in [-0.39, 0.29) is 0 Å².